The second kappa shape index (κ2) is 9.81. The van der Waals surface area contributed by atoms with E-state index in [9.17, 15) is 9.59 Å². The van der Waals surface area contributed by atoms with Gasteiger partial charge in [0.25, 0.3) is 5.91 Å². The van der Waals surface area contributed by atoms with Gasteiger partial charge < -0.3 is 25.1 Å². The minimum atomic E-state index is -0.542. The monoisotopic (exact) mass is 447 g/mol. The molecule has 4 rings (SSSR count). The maximum atomic E-state index is 12.9. The first-order valence-electron chi connectivity index (χ1n) is 11.2. The van der Waals surface area contributed by atoms with Crippen molar-refractivity contribution in [2.45, 2.75) is 39.7 Å². The molecule has 2 amide bonds. The quantitative estimate of drug-likeness (QED) is 0.541. The molecule has 0 radical (unpaired) electrons. The van der Waals surface area contributed by atoms with Gasteiger partial charge >= 0.3 is 0 Å². The summed E-state index contributed by atoms with van der Waals surface area (Å²) >= 11 is 0. The number of amides is 2. The smallest absolute Gasteiger partial charge is 0.291 e. The van der Waals surface area contributed by atoms with Crippen LogP contribution in [0.4, 0.5) is 11.4 Å². The second-order valence-corrected chi connectivity index (χ2v) is 8.42. The fourth-order valence-electron chi connectivity index (χ4n) is 4.07. The predicted molar refractivity (Wildman–Crippen MR) is 128 cm³/mol. The summed E-state index contributed by atoms with van der Waals surface area (Å²) < 4.78 is 11.6. The van der Waals surface area contributed by atoms with Gasteiger partial charge in [0.05, 0.1) is 11.4 Å². The molecule has 1 fully saturated rings. The number of rotatable bonds is 7. The molecule has 3 N–H and O–H groups in total. The molecule has 0 bridgehead atoms. The summed E-state index contributed by atoms with van der Waals surface area (Å²) in [5, 5.41) is 2.90. The van der Waals surface area contributed by atoms with E-state index in [1.165, 1.54) is 12.0 Å². The van der Waals surface area contributed by atoms with E-state index in [2.05, 4.69) is 16.3 Å². The fourth-order valence-corrected chi connectivity index (χ4v) is 4.07. The number of carbonyl (C=O) groups excluding carboxylic acids is 2. The van der Waals surface area contributed by atoms with Crippen molar-refractivity contribution in [1.82, 2.24) is 0 Å². The van der Waals surface area contributed by atoms with Crippen molar-refractivity contribution in [2.24, 2.45) is 5.73 Å². The second-order valence-electron chi connectivity index (χ2n) is 8.42. The highest BCUT2D eigenvalue weighted by molar-refractivity contribution is 6.05. The van der Waals surface area contributed by atoms with E-state index in [-0.39, 0.29) is 12.4 Å². The lowest BCUT2D eigenvalue weighted by atomic mass is 10.1. The highest BCUT2D eigenvalue weighted by Gasteiger charge is 2.19. The number of nitrogens with one attached hydrogen (secondary N) is 1. The summed E-state index contributed by atoms with van der Waals surface area (Å²) in [5.74, 6) is 0.551. The van der Waals surface area contributed by atoms with Gasteiger partial charge in [0.1, 0.15) is 18.1 Å². The molecule has 1 saturated heterocycles. The summed E-state index contributed by atoms with van der Waals surface area (Å²) in [6.07, 6.45) is 3.37. The van der Waals surface area contributed by atoms with Gasteiger partial charge in [-0.15, -0.1) is 0 Å². The first-order chi connectivity index (χ1) is 15.9. The highest BCUT2D eigenvalue weighted by atomic mass is 16.5. The summed E-state index contributed by atoms with van der Waals surface area (Å²) in [7, 11) is 0. The Morgan fingerprint density at radius 2 is 1.82 bits per heavy atom. The lowest BCUT2D eigenvalue weighted by Crippen LogP contribution is -2.30. The van der Waals surface area contributed by atoms with Crippen molar-refractivity contribution in [3.05, 3.63) is 76.7 Å². The van der Waals surface area contributed by atoms with E-state index in [0.29, 0.717) is 17.0 Å². The van der Waals surface area contributed by atoms with Crippen LogP contribution in [0.1, 0.15) is 57.1 Å². The Balaban J connectivity index is 1.48. The number of nitrogens with zero attached hydrogens (tertiary/aromatic N) is 1. The van der Waals surface area contributed by atoms with Crippen LogP contribution in [0.5, 0.6) is 5.75 Å². The summed E-state index contributed by atoms with van der Waals surface area (Å²) in [5.41, 5.74) is 9.43. The van der Waals surface area contributed by atoms with Gasteiger partial charge in [0.2, 0.25) is 5.91 Å². The first kappa shape index (κ1) is 22.5. The molecular formula is C26H29N3O4. The van der Waals surface area contributed by atoms with E-state index in [1.807, 2.05) is 32.0 Å². The normalized spacial score (nSPS) is 13.6. The van der Waals surface area contributed by atoms with Gasteiger partial charge in [-0.1, -0.05) is 17.7 Å². The minimum Gasteiger partial charge on any atom is -0.485 e. The van der Waals surface area contributed by atoms with Gasteiger partial charge in [0.15, 0.2) is 5.76 Å². The number of primary amides is 1. The standard InChI is InChI=1S/C26H29N3O4/c1-17-6-10-23(18(2)14-17)32-16-20-8-11-24(33-20)26(31)28-21-15-19(25(27)30)7-9-22(21)29-12-4-3-5-13-29/h6-11,14-15H,3-5,12-13,16H2,1-2H3,(H2,27,30)(H,28,31). The maximum Gasteiger partial charge on any atom is 0.291 e. The van der Waals surface area contributed by atoms with Crippen molar-refractivity contribution in [1.29, 1.82) is 0 Å². The average Bonchev–Trinajstić information content (AvgIpc) is 3.28. The van der Waals surface area contributed by atoms with Gasteiger partial charge in [-0.3, -0.25) is 9.59 Å². The minimum absolute atomic E-state index is 0.170. The third kappa shape index (κ3) is 5.37. The molecule has 3 aromatic rings. The fraction of sp³-hybridized carbons (Fsp3) is 0.308. The van der Waals surface area contributed by atoms with Crippen LogP contribution in [0, 0.1) is 13.8 Å². The number of anilines is 2. The lowest BCUT2D eigenvalue weighted by Gasteiger charge is -2.30. The van der Waals surface area contributed by atoms with Crippen molar-refractivity contribution in [2.75, 3.05) is 23.3 Å². The van der Waals surface area contributed by atoms with Crippen molar-refractivity contribution in [3.8, 4) is 5.75 Å². The molecule has 1 aliphatic rings. The van der Waals surface area contributed by atoms with Crippen LogP contribution in [0.2, 0.25) is 0 Å². The molecular weight excluding hydrogens is 418 g/mol. The zero-order chi connectivity index (χ0) is 23.4. The molecule has 33 heavy (non-hydrogen) atoms. The summed E-state index contributed by atoms with van der Waals surface area (Å²) in [6.45, 7) is 6.04. The Morgan fingerprint density at radius 1 is 1.03 bits per heavy atom. The number of benzene rings is 2. The van der Waals surface area contributed by atoms with Crippen LogP contribution < -0.4 is 20.7 Å². The molecule has 0 unspecified atom stereocenters. The Hall–Kier alpha value is -3.74. The number of carbonyl (C=O) groups is 2. The van der Waals surface area contributed by atoms with Gasteiger partial charge in [-0.2, -0.15) is 0 Å². The average molecular weight is 448 g/mol. The zero-order valence-electron chi connectivity index (χ0n) is 19.0. The van der Waals surface area contributed by atoms with Crippen molar-refractivity contribution in [3.63, 3.8) is 0 Å². The van der Waals surface area contributed by atoms with Gasteiger partial charge in [-0.05, 0) is 75.1 Å². The van der Waals surface area contributed by atoms with E-state index in [1.54, 1.807) is 24.3 Å². The number of nitrogens with two attached hydrogens (primary N) is 1. The van der Waals surface area contributed by atoms with Crippen LogP contribution >= 0.6 is 0 Å². The predicted octanol–water partition coefficient (Wildman–Crippen LogP) is 4.82. The van der Waals surface area contributed by atoms with Crippen LogP contribution in [0.15, 0.2) is 52.9 Å². The highest BCUT2D eigenvalue weighted by Crippen LogP contribution is 2.30. The Labute approximate surface area is 193 Å². The summed E-state index contributed by atoms with van der Waals surface area (Å²) in [4.78, 5) is 26.8. The van der Waals surface area contributed by atoms with E-state index < -0.39 is 11.8 Å². The van der Waals surface area contributed by atoms with Crippen LogP contribution in [-0.4, -0.2) is 24.9 Å². The zero-order valence-corrected chi connectivity index (χ0v) is 19.0. The molecule has 172 valence electrons. The third-order valence-electron chi connectivity index (χ3n) is 5.81. The number of ether oxygens (including phenoxy) is 1. The van der Waals surface area contributed by atoms with E-state index >= 15 is 0 Å². The van der Waals surface area contributed by atoms with E-state index in [0.717, 1.165) is 42.9 Å². The third-order valence-corrected chi connectivity index (χ3v) is 5.81. The maximum absolute atomic E-state index is 12.9. The summed E-state index contributed by atoms with van der Waals surface area (Å²) in [6, 6.07) is 14.5. The number of piperidine rings is 1. The Morgan fingerprint density at radius 3 is 2.55 bits per heavy atom. The number of aryl methyl sites for hydroxylation is 2. The van der Waals surface area contributed by atoms with E-state index in [4.69, 9.17) is 14.9 Å². The number of furan rings is 1. The molecule has 0 atom stereocenters. The molecule has 0 saturated carbocycles. The Bertz CT molecular complexity index is 1160. The topological polar surface area (TPSA) is 97.8 Å². The molecule has 1 aromatic heterocycles. The van der Waals surface area contributed by atoms with Crippen molar-refractivity contribution < 1.29 is 18.7 Å². The van der Waals surface area contributed by atoms with Gasteiger partial charge in [-0.25, -0.2) is 0 Å². The van der Waals surface area contributed by atoms with Crippen molar-refractivity contribution >= 4 is 23.2 Å². The van der Waals surface area contributed by atoms with Crippen LogP contribution in [0.3, 0.4) is 0 Å². The van der Waals surface area contributed by atoms with Crippen LogP contribution in [0.25, 0.3) is 0 Å². The lowest BCUT2D eigenvalue weighted by molar-refractivity contribution is 0.0985. The largest absolute Gasteiger partial charge is 0.485 e. The van der Waals surface area contributed by atoms with Crippen LogP contribution in [-0.2, 0) is 6.61 Å². The molecule has 0 spiro atoms. The molecule has 2 aromatic carbocycles. The number of hydrogen-bond acceptors (Lipinski definition) is 5. The first-order valence-corrected chi connectivity index (χ1v) is 11.2. The number of hydrogen-bond donors (Lipinski definition) is 2. The molecule has 7 heteroatoms. The molecule has 1 aliphatic heterocycles. The molecule has 7 nitrogen and oxygen atoms in total. The molecule has 0 aliphatic carbocycles. The SMILES string of the molecule is Cc1ccc(OCc2ccc(C(=O)Nc3cc(C(N)=O)ccc3N3CCCCC3)o2)c(C)c1. The Kier molecular flexibility index (Phi) is 6.68. The molecule has 2 heterocycles. The van der Waals surface area contributed by atoms with Gasteiger partial charge in [0, 0.05) is 18.7 Å².